The summed E-state index contributed by atoms with van der Waals surface area (Å²) < 4.78 is 8.69. The standard InChI is InChI=1S/C27H31N3O4/c1-34-23-12-6-5-10-21(23)24(31)28-18-27(19-8-3-2-4-9-19)15-13-20(14-16-27)30-25(32)22-11-7-17-29(22)26(30)33/h2-6,8-10,12,20,32H,7,11,13-18H2,1H3,(H,28,31). The van der Waals surface area contributed by atoms with E-state index in [0.29, 0.717) is 24.4 Å². The van der Waals surface area contributed by atoms with Gasteiger partial charge >= 0.3 is 5.69 Å². The molecule has 1 aromatic heterocycles. The maximum Gasteiger partial charge on any atom is 0.331 e. The summed E-state index contributed by atoms with van der Waals surface area (Å²) in [5, 5.41) is 13.9. The zero-order chi connectivity index (χ0) is 23.7. The van der Waals surface area contributed by atoms with Crippen LogP contribution in [0.4, 0.5) is 0 Å². The number of hydrogen-bond donors (Lipinski definition) is 2. The van der Waals surface area contributed by atoms with Gasteiger partial charge in [-0.2, -0.15) is 0 Å². The zero-order valence-corrected chi connectivity index (χ0v) is 19.5. The lowest BCUT2D eigenvalue weighted by Crippen LogP contribution is -2.44. The molecular weight excluding hydrogens is 430 g/mol. The summed E-state index contributed by atoms with van der Waals surface area (Å²) in [4.78, 5) is 26.0. The molecule has 1 amide bonds. The van der Waals surface area contributed by atoms with Gasteiger partial charge in [-0.1, -0.05) is 42.5 Å². The zero-order valence-electron chi connectivity index (χ0n) is 19.5. The number of ether oxygens (including phenoxy) is 1. The molecule has 2 aliphatic rings. The quantitative estimate of drug-likeness (QED) is 0.585. The number of carbonyl (C=O) groups is 1. The summed E-state index contributed by atoms with van der Waals surface area (Å²) in [7, 11) is 1.56. The summed E-state index contributed by atoms with van der Waals surface area (Å²) in [5.74, 6) is 0.533. The summed E-state index contributed by atoms with van der Waals surface area (Å²) in [5.41, 5.74) is 2.14. The SMILES string of the molecule is COc1ccccc1C(=O)NCC1(c2ccccc2)CCC(n2c(O)c3n(c2=O)CCC3)CC1. The number of nitrogens with one attached hydrogen (secondary N) is 1. The van der Waals surface area contributed by atoms with Crippen LogP contribution in [0.5, 0.6) is 11.6 Å². The van der Waals surface area contributed by atoms with E-state index in [1.165, 1.54) is 5.56 Å². The summed E-state index contributed by atoms with van der Waals surface area (Å²) in [6.07, 6.45) is 4.80. The van der Waals surface area contributed by atoms with Crippen molar-refractivity contribution in [3.8, 4) is 11.6 Å². The van der Waals surface area contributed by atoms with Gasteiger partial charge < -0.3 is 15.2 Å². The number of rotatable bonds is 6. The van der Waals surface area contributed by atoms with E-state index in [1.54, 1.807) is 28.4 Å². The average Bonchev–Trinajstić information content (AvgIpc) is 3.46. The number of benzene rings is 2. The van der Waals surface area contributed by atoms with E-state index in [4.69, 9.17) is 4.74 Å². The monoisotopic (exact) mass is 461 g/mol. The van der Waals surface area contributed by atoms with Crippen LogP contribution < -0.4 is 15.7 Å². The first kappa shape index (κ1) is 22.3. The number of carbonyl (C=O) groups excluding carboxylic acids is 1. The Morgan fingerprint density at radius 2 is 1.82 bits per heavy atom. The predicted molar refractivity (Wildman–Crippen MR) is 130 cm³/mol. The van der Waals surface area contributed by atoms with Crippen molar-refractivity contribution in [3.05, 3.63) is 81.9 Å². The normalized spacial score (nSPS) is 21.7. The van der Waals surface area contributed by atoms with Crippen LogP contribution >= 0.6 is 0 Å². The number of aromatic nitrogens is 2. The fourth-order valence-electron chi connectivity index (χ4n) is 5.76. The van der Waals surface area contributed by atoms with Crippen molar-refractivity contribution in [2.24, 2.45) is 0 Å². The molecule has 0 radical (unpaired) electrons. The second-order valence-corrected chi connectivity index (χ2v) is 9.44. The predicted octanol–water partition coefficient (Wildman–Crippen LogP) is 3.79. The van der Waals surface area contributed by atoms with Gasteiger partial charge in [-0.05, 0) is 56.2 Å². The van der Waals surface area contributed by atoms with Gasteiger partial charge in [0.15, 0.2) is 0 Å². The molecule has 7 heteroatoms. The lowest BCUT2D eigenvalue weighted by atomic mass is 9.68. The highest BCUT2D eigenvalue weighted by atomic mass is 16.5. The molecule has 0 atom stereocenters. The lowest BCUT2D eigenvalue weighted by molar-refractivity contribution is 0.0929. The van der Waals surface area contributed by atoms with Crippen LogP contribution in [0.2, 0.25) is 0 Å². The first-order valence-corrected chi connectivity index (χ1v) is 12.0. The second-order valence-electron chi connectivity index (χ2n) is 9.44. The van der Waals surface area contributed by atoms with Gasteiger partial charge in [0.25, 0.3) is 5.91 Å². The van der Waals surface area contributed by atoms with Gasteiger partial charge in [0.1, 0.15) is 5.75 Å². The van der Waals surface area contributed by atoms with E-state index in [2.05, 4.69) is 17.4 Å². The molecule has 1 fully saturated rings. The van der Waals surface area contributed by atoms with Gasteiger partial charge in [-0.15, -0.1) is 0 Å². The van der Waals surface area contributed by atoms with Crippen molar-refractivity contribution in [2.45, 2.75) is 56.5 Å². The fraction of sp³-hybridized carbons (Fsp3) is 0.407. The summed E-state index contributed by atoms with van der Waals surface area (Å²) >= 11 is 0. The molecule has 7 nitrogen and oxygen atoms in total. The van der Waals surface area contributed by atoms with Gasteiger partial charge in [-0.25, -0.2) is 4.79 Å². The molecule has 2 N–H and O–H groups in total. The van der Waals surface area contributed by atoms with E-state index in [-0.39, 0.29) is 28.9 Å². The van der Waals surface area contributed by atoms with Crippen LogP contribution in [0.3, 0.4) is 0 Å². The fourth-order valence-corrected chi connectivity index (χ4v) is 5.76. The Kier molecular flexibility index (Phi) is 5.94. The molecule has 3 aromatic rings. The third-order valence-corrected chi connectivity index (χ3v) is 7.65. The van der Waals surface area contributed by atoms with Crippen LogP contribution in [0.15, 0.2) is 59.4 Å². The number of nitrogens with zero attached hydrogens (tertiary/aromatic N) is 2. The number of aromatic hydroxyl groups is 1. The van der Waals surface area contributed by atoms with Crippen LogP contribution in [0, 0.1) is 0 Å². The Bertz CT molecular complexity index is 1240. The third-order valence-electron chi connectivity index (χ3n) is 7.65. The first-order chi connectivity index (χ1) is 16.5. The van der Waals surface area contributed by atoms with E-state index in [1.807, 2.05) is 30.3 Å². The number of methoxy groups -OCH3 is 1. The minimum atomic E-state index is -0.239. The smallest absolute Gasteiger partial charge is 0.331 e. The van der Waals surface area contributed by atoms with Crippen LogP contribution in [-0.4, -0.2) is 33.8 Å². The number of para-hydroxylation sites is 1. The number of imidazole rings is 1. The molecule has 1 aliphatic heterocycles. The van der Waals surface area contributed by atoms with Gasteiger partial charge in [0.2, 0.25) is 5.88 Å². The topological polar surface area (TPSA) is 85.5 Å². The molecule has 1 aliphatic carbocycles. The summed E-state index contributed by atoms with van der Waals surface area (Å²) in [6.45, 7) is 1.18. The number of hydrogen-bond acceptors (Lipinski definition) is 4. The van der Waals surface area contributed by atoms with E-state index in [9.17, 15) is 14.7 Å². The molecule has 2 heterocycles. The van der Waals surface area contributed by atoms with Crippen molar-refractivity contribution < 1.29 is 14.6 Å². The van der Waals surface area contributed by atoms with Crippen molar-refractivity contribution in [1.29, 1.82) is 0 Å². The highest BCUT2D eigenvalue weighted by Gasteiger charge is 2.39. The molecule has 0 bridgehead atoms. The molecule has 1 saturated carbocycles. The van der Waals surface area contributed by atoms with Gasteiger partial charge in [0.05, 0.1) is 18.4 Å². The van der Waals surface area contributed by atoms with E-state index >= 15 is 0 Å². The highest BCUT2D eigenvalue weighted by Crippen LogP contribution is 2.44. The molecular formula is C27H31N3O4. The van der Waals surface area contributed by atoms with Crippen LogP contribution in [0.25, 0.3) is 0 Å². The molecule has 34 heavy (non-hydrogen) atoms. The van der Waals surface area contributed by atoms with Crippen LogP contribution in [0.1, 0.15) is 59.8 Å². The average molecular weight is 462 g/mol. The highest BCUT2D eigenvalue weighted by molar-refractivity contribution is 5.96. The molecule has 0 spiro atoms. The van der Waals surface area contributed by atoms with E-state index in [0.717, 1.165) is 44.2 Å². The largest absolute Gasteiger partial charge is 0.496 e. The summed E-state index contributed by atoms with van der Waals surface area (Å²) in [6, 6.07) is 17.5. The van der Waals surface area contributed by atoms with Crippen molar-refractivity contribution in [1.82, 2.24) is 14.5 Å². The van der Waals surface area contributed by atoms with Gasteiger partial charge in [-0.3, -0.25) is 13.9 Å². The number of fused-ring (bicyclic) bond motifs is 1. The second kappa shape index (κ2) is 9.05. The maximum absolute atomic E-state index is 13.0. The van der Waals surface area contributed by atoms with Crippen molar-refractivity contribution in [3.63, 3.8) is 0 Å². The number of amides is 1. The van der Waals surface area contributed by atoms with Crippen molar-refractivity contribution in [2.75, 3.05) is 13.7 Å². The molecule has 5 rings (SSSR count). The minimum Gasteiger partial charge on any atom is -0.496 e. The molecule has 0 saturated heterocycles. The third kappa shape index (κ3) is 3.79. The Morgan fingerprint density at radius 1 is 1.12 bits per heavy atom. The molecule has 178 valence electrons. The molecule has 0 unspecified atom stereocenters. The van der Waals surface area contributed by atoms with Crippen LogP contribution in [-0.2, 0) is 18.4 Å². The Balaban J connectivity index is 1.37. The first-order valence-electron chi connectivity index (χ1n) is 12.0. The van der Waals surface area contributed by atoms with E-state index < -0.39 is 0 Å². The Morgan fingerprint density at radius 3 is 2.53 bits per heavy atom. The molecule has 2 aromatic carbocycles. The Hall–Kier alpha value is -3.48. The maximum atomic E-state index is 13.0. The van der Waals surface area contributed by atoms with Crippen molar-refractivity contribution >= 4 is 5.91 Å². The lowest BCUT2D eigenvalue weighted by Gasteiger charge is -2.41. The Labute approximate surface area is 199 Å². The van der Waals surface area contributed by atoms with Gasteiger partial charge in [0, 0.05) is 24.5 Å². The minimum absolute atomic E-state index is 0.0349.